The Balaban J connectivity index is 2.32. The van der Waals surface area contributed by atoms with Crippen LogP contribution in [0.15, 0.2) is 78.9 Å². The summed E-state index contributed by atoms with van der Waals surface area (Å²) in [5, 5.41) is 0. The predicted molar refractivity (Wildman–Crippen MR) is 117 cm³/mol. The molecule has 0 aromatic heterocycles. The molecule has 0 fully saturated rings. The Bertz CT molecular complexity index is 1060. The quantitative estimate of drug-likeness (QED) is 0.342. The van der Waals surface area contributed by atoms with Gasteiger partial charge in [0.1, 0.15) is 18.1 Å². The lowest BCUT2D eigenvalue weighted by atomic mass is 10.0. The minimum Gasteiger partial charge on any atom is -0.457 e. The van der Waals surface area contributed by atoms with Crippen LogP contribution in [0.5, 0.6) is 11.5 Å². The third kappa shape index (κ3) is 6.54. The number of ether oxygens (including phenoxy) is 3. The predicted octanol–water partition coefficient (Wildman–Crippen LogP) is 4.94. The number of benzene rings is 2. The van der Waals surface area contributed by atoms with Gasteiger partial charge in [-0.15, -0.1) is 0 Å². The van der Waals surface area contributed by atoms with Crippen molar-refractivity contribution in [2.75, 3.05) is 0 Å². The number of hydrogen-bond acceptors (Lipinski definition) is 6. The number of carbonyl (C=O) groups is 3. The van der Waals surface area contributed by atoms with Crippen LogP contribution in [0, 0.1) is 0 Å². The topological polar surface area (TPSA) is 78.9 Å². The highest BCUT2D eigenvalue weighted by Gasteiger charge is 2.14. The molecule has 0 spiro atoms. The van der Waals surface area contributed by atoms with E-state index in [1.165, 1.54) is 0 Å². The fraction of sp³-hybridized carbons (Fsp3) is 0.160. The van der Waals surface area contributed by atoms with Crippen LogP contribution < -0.4 is 9.47 Å². The van der Waals surface area contributed by atoms with E-state index in [4.69, 9.17) is 14.2 Å². The molecule has 0 aliphatic rings. The van der Waals surface area contributed by atoms with Crippen LogP contribution >= 0.6 is 0 Å². The van der Waals surface area contributed by atoms with Gasteiger partial charge in [0.25, 0.3) is 0 Å². The van der Waals surface area contributed by atoms with Crippen LogP contribution in [0.25, 0.3) is 11.1 Å². The van der Waals surface area contributed by atoms with Gasteiger partial charge in [0.2, 0.25) is 0 Å². The summed E-state index contributed by atoms with van der Waals surface area (Å²) in [5.41, 5.74) is 2.91. The molecule has 0 saturated heterocycles. The Labute approximate surface area is 181 Å². The van der Waals surface area contributed by atoms with Gasteiger partial charge < -0.3 is 14.2 Å². The van der Waals surface area contributed by atoms with Gasteiger partial charge in [-0.25, -0.2) is 14.4 Å². The zero-order valence-electron chi connectivity index (χ0n) is 17.8. The Kier molecular flexibility index (Phi) is 7.69. The van der Waals surface area contributed by atoms with Crippen molar-refractivity contribution in [3.8, 4) is 22.6 Å². The fourth-order valence-corrected chi connectivity index (χ4v) is 2.33. The van der Waals surface area contributed by atoms with Gasteiger partial charge >= 0.3 is 17.9 Å². The Morgan fingerprint density at radius 2 is 1.23 bits per heavy atom. The molecule has 6 nitrogen and oxygen atoms in total. The summed E-state index contributed by atoms with van der Waals surface area (Å²) < 4.78 is 15.8. The lowest BCUT2D eigenvalue weighted by Crippen LogP contribution is -2.11. The molecule has 6 heteroatoms. The van der Waals surface area contributed by atoms with Crippen molar-refractivity contribution in [1.29, 1.82) is 0 Å². The van der Waals surface area contributed by atoms with Crippen LogP contribution in [0.2, 0.25) is 0 Å². The maximum absolute atomic E-state index is 11.9. The zero-order chi connectivity index (χ0) is 23.1. The molecular formula is C25H24O6. The second kappa shape index (κ2) is 10.2. The van der Waals surface area contributed by atoms with E-state index < -0.39 is 17.9 Å². The van der Waals surface area contributed by atoms with Crippen molar-refractivity contribution in [3.63, 3.8) is 0 Å². The van der Waals surface area contributed by atoms with E-state index in [-0.39, 0.29) is 23.5 Å². The average molecular weight is 420 g/mol. The summed E-state index contributed by atoms with van der Waals surface area (Å²) >= 11 is 0. The molecule has 2 rings (SSSR count). The number of hydrogen-bond donors (Lipinski definition) is 0. The Morgan fingerprint density at radius 1 is 0.710 bits per heavy atom. The molecule has 0 amide bonds. The van der Waals surface area contributed by atoms with Gasteiger partial charge in [0.05, 0.1) is 0 Å². The number of rotatable bonds is 8. The summed E-state index contributed by atoms with van der Waals surface area (Å²) in [6.07, 6.45) is 0. The minimum atomic E-state index is -0.580. The maximum Gasteiger partial charge on any atom is 0.338 e. The van der Waals surface area contributed by atoms with Crippen LogP contribution in [0.4, 0.5) is 0 Å². The van der Waals surface area contributed by atoms with Gasteiger partial charge in [0, 0.05) is 22.3 Å². The molecule has 0 saturated carbocycles. The van der Waals surface area contributed by atoms with E-state index in [2.05, 4.69) is 19.7 Å². The Morgan fingerprint density at radius 3 is 1.77 bits per heavy atom. The highest BCUT2D eigenvalue weighted by atomic mass is 16.5. The second-order valence-corrected chi connectivity index (χ2v) is 7.04. The van der Waals surface area contributed by atoms with Crippen molar-refractivity contribution < 1.29 is 28.6 Å². The molecule has 31 heavy (non-hydrogen) atoms. The first-order valence-corrected chi connectivity index (χ1v) is 9.40. The highest BCUT2D eigenvalue weighted by Crippen LogP contribution is 2.29. The van der Waals surface area contributed by atoms with Gasteiger partial charge in [-0.2, -0.15) is 0 Å². The van der Waals surface area contributed by atoms with Gasteiger partial charge in [-0.1, -0.05) is 37.9 Å². The molecule has 0 radical (unpaired) electrons. The van der Waals surface area contributed by atoms with Gasteiger partial charge in [-0.05, 0) is 56.2 Å². The molecule has 0 N–H and O–H groups in total. The normalized spacial score (nSPS) is 10.0. The smallest absolute Gasteiger partial charge is 0.338 e. The summed E-state index contributed by atoms with van der Waals surface area (Å²) in [7, 11) is 0. The fourth-order valence-electron chi connectivity index (χ4n) is 2.33. The van der Waals surface area contributed by atoms with Gasteiger partial charge in [0.15, 0.2) is 0 Å². The van der Waals surface area contributed by atoms with E-state index in [0.29, 0.717) is 16.9 Å². The molecule has 2 aromatic rings. The number of esters is 3. The molecule has 0 unspecified atom stereocenters. The van der Waals surface area contributed by atoms with E-state index in [1.807, 2.05) is 0 Å². The van der Waals surface area contributed by atoms with Crippen LogP contribution in [-0.4, -0.2) is 17.9 Å². The first-order chi connectivity index (χ1) is 14.6. The van der Waals surface area contributed by atoms with Crippen LogP contribution in [0.1, 0.15) is 26.3 Å². The van der Waals surface area contributed by atoms with Crippen LogP contribution in [-0.2, 0) is 25.7 Å². The lowest BCUT2D eigenvalue weighted by molar-refractivity contribution is -0.140. The average Bonchev–Trinajstić information content (AvgIpc) is 2.72. The van der Waals surface area contributed by atoms with Crippen LogP contribution in [0.3, 0.4) is 0 Å². The standard InChI is InChI=1S/C25H24O6/c1-15(2)23(26)29-14-20-13-19(9-12-22(20)31-25(28)17(5)6)18-7-10-21(11-8-18)30-24(27)16(3)4/h7-13H,1,3,5,14H2,2,4,6H3. The van der Waals surface area contributed by atoms with Crippen molar-refractivity contribution in [2.45, 2.75) is 27.4 Å². The SMILES string of the molecule is C=C(C)C(=O)OCc1cc(-c2ccc(OC(=O)C(=C)C)cc2)ccc1OC(=O)C(=C)C. The first kappa shape index (κ1) is 23.3. The minimum absolute atomic E-state index is 0.105. The lowest BCUT2D eigenvalue weighted by Gasteiger charge is -2.13. The van der Waals surface area contributed by atoms with Crippen molar-refractivity contribution in [2.24, 2.45) is 0 Å². The second-order valence-electron chi connectivity index (χ2n) is 7.04. The molecular weight excluding hydrogens is 396 g/mol. The maximum atomic E-state index is 11.9. The molecule has 0 heterocycles. The van der Waals surface area contributed by atoms with Crippen molar-refractivity contribution in [1.82, 2.24) is 0 Å². The van der Waals surface area contributed by atoms with E-state index in [0.717, 1.165) is 11.1 Å². The molecule has 0 aliphatic carbocycles. The Hall–Kier alpha value is -3.93. The van der Waals surface area contributed by atoms with Crippen molar-refractivity contribution in [3.05, 3.63) is 84.5 Å². The van der Waals surface area contributed by atoms with Crippen molar-refractivity contribution >= 4 is 17.9 Å². The molecule has 160 valence electrons. The molecule has 0 atom stereocenters. The van der Waals surface area contributed by atoms with E-state index >= 15 is 0 Å². The van der Waals surface area contributed by atoms with E-state index in [9.17, 15) is 14.4 Å². The van der Waals surface area contributed by atoms with E-state index in [1.54, 1.807) is 63.2 Å². The summed E-state index contributed by atoms with van der Waals surface area (Å²) in [6.45, 7) is 15.2. The van der Waals surface area contributed by atoms with Gasteiger partial charge in [-0.3, -0.25) is 0 Å². The first-order valence-electron chi connectivity index (χ1n) is 9.40. The monoisotopic (exact) mass is 420 g/mol. The third-order valence-corrected chi connectivity index (χ3v) is 4.07. The summed E-state index contributed by atoms with van der Waals surface area (Å²) in [5.74, 6) is -0.981. The number of carbonyl (C=O) groups excluding carboxylic acids is 3. The summed E-state index contributed by atoms with van der Waals surface area (Å²) in [6, 6.07) is 12.0. The molecule has 2 aromatic carbocycles. The third-order valence-electron chi connectivity index (χ3n) is 4.07. The molecule has 0 aliphatic heterocycles. The highest BCUT2D eigenvalue weighted by molar-refractivity contribution is 5.90. The molecule has 0 bridgehead atoms. The largest absolute Gasteiger partial charge is 0.457 e. The zero-order valence-corrected chi connectivity index (χ0v) is 17.8. The summed E-state index contributed by atoms with van der Waals surface area (Å²) in [4.78, 5) is 35.4.